The molecule has 0 aliphatic carbocycles. The summed E-state index contributed by atoms with van der Waals surface area (Å²) in [6.07, 6.45) is 6.03. The molecule has 0 saturated carbocycles. The summed E-state index contributed by atoms with van der Waals surface area (Å²) in [5.41, 5.74) is 1.27. The van der Waals surface area contributed by atoms with Gasteiger partial charge in [-0.3, -0.25) is 4.55 Å². The SMILES string of the molecule is CCC1(CC)CC(Cc2cc(C)cc(S(=O)(=O)O)c2)CC(CC)(CC)N1O. The first kappa shape index (κ1) is 22.3. The van der Waals surface area contributed by atoms with Crippen molar-refractivity contribution in [1.29, 1.82) is 0 Å². The Kier molecular flexibility index (Phi) is 6.78. The molecular formula is C21H35NO4S. The number of benzene rings is 1. The fourth-order valence-electron chi connectivity index (χ4n) is 5.07. The van der Waals surface area contributed by atoms with Crippen molar-refractivity contribution < 1.29 is 18.2 Å². The van der Waals surface area contributed by atoms with Crippen LogP contribution in [-0.4, -0.2) is 34.3 Å². The molecule has 0 amide bonds. The fraction of sp³-hybridized carbons (Fsp3) is 0.714. The minimum absolute atomic E-state index is 0.0356. The minimum atomic E-state index is -4.21. The lowest BCUT2D eigenvalue weighted by Crippen LogP contribution is -2.63. The zero-order valence-electron chi connectivity index (χ0n) is 17.3. The molecule has 0 aromatic heterocycles. The molecule has 5 nitrogen and oxygen atoms in total. The average Bonchev–Trinajstić information content (AvgIpc) is 2.62. The summed E-state index contributed by atoms with van der Waals surface area (Å²) in [5.74, 6) is 0.351. The summed E-state index contributed by atoms with van der Waals surface area (Å²) >= 11 is 0. The Balaban J connectivity index is 2.40. The van der Waals surface area contributed by atoms with Crippen molar-refractivity contribution in [2.24, 2.45) is 5.92 Å². The quantitative estimate of drug-likeness (QED) is 0.633. The van der Waals surface area contributed by atoms with Crippen LogP contribution in [0.1, 0.15) is 77.3 Å². The van der Waals surface area contributed by atoms with E-state index < -0.39 is 10.1 Å². The maximum Gasteiger partial charge on any atom is 0.294 e. The smallest absolute Gasteiger partial charge is 0.294 e. The van der Waals surface area contributed by atoms with Gasteiger partial charge in [-0.15, -0.1) is 0 Å². The first-order chi connectivity index (χ1) is 12.6. The largest absolute Gasteiger partial charge is 0.313 e. The van der Waals surface area contributed by atoms with Crippen LogP contribution in [0.25, 0.3) is 0 Å². The van der Waals surface area contributed by atoms with Crippen molar-refractivity contribution in [3.8, 4) is 0 Å². The summed E-state index contributed by atoms with van der Waals surface area (Å²) in [6, 6.07) is 5.09. The van der Waals surface area contributed by atoms with Crippen molar-refractivity contribution in [1.82, 2.24) is 5.06 Å². The summed E-state index contributed by atoms with van der Waals surface area (Å²) in [7, 11) is -4.21. The lowest BCUT2D eigenvalue weighted by Gasteiger charge is -2.56. The van der Waals surface area contributed by atoms with Gasteiger partial charge in [0.1, 0.15) is 0 Å². The molecule has 2 rings (SSSR count). The van der Waals surface area contributed by atoms with E-state index in [0.717, 1.165) is 56.1 Å². The molecule has 1 aliphatic rings. The summed E-state index contributed by atoms with van der Waals surface area (Å²) in [5, 5.41) is 12.8. The van der Waals surface area contributed by atoms with E-state index in [0.29, 0.717) is 5.92 Å². The number of aryl methyl sites for hydroxylation is 1. The third-order valence-electron chi connectivity index (χ3n) is 6.80. The Bertz CT molecular complexity index is 729. The van der Waals surface area contributed by atoms with Gasteiger partial charge in [0.25, 0.3) is 10.1 Å². The average molecular weight is 398 g/mol. The van der Waals surface area contributed by atoms with E-state index in [1.807, 2.05) is 13.0 Å². The zero-order chi connectivity index (χ0) is 20.5. The van der Waals surface area contributed by atoms with Gasteiger partial charge in [0.05, 0.1) is 4.90 Å². The van der Waals surface area contributed by atoms with Gasteiger partial charge in [-0.2, -0.15) is 13.5 Å². The van der Waals surface area contributed by atoms with Crippen molar-refractivity contribution in [3.05, 3.63) is 29.3 Å². The third kappa shape index (κ3) is 4.39. The van der Waals surface area contributed by atoms with Crippen LogP contribution in [0.4, 0.5) is 0 Å². The van der Waals surface area contributed by atoms with Gasteiger partial charge in [-0.1, -0.05) is 33.8 Å². The van der Waals surface area contributed by atoms with Crippen LogP contribution in [0.5, 0.6) is 0 Å². The van der Waals surface area contributed by atoms with E-state index in [2.05, 4.69) is 27.7 Å². The molecule has 2 N–H and O–H groups in total. The normalized spacial score (nSPS) is 20.7. The molecule has 1 fully saturated rings. The number of rotatable bonds is 7. The summed E-state index contributed by atoms with van der Waals surface area (Å²) in [6.45, 7) is 10.4. The van der Waals surface area contributed by atoms with E-state index in [9.17, 15) is 18.2 Å². The van der Waals surface area contributed by atoms with Gasteiger partial charge in [0.15, 0.2) is 0 Å². The Morgan fingerprint density at radius 3 is 1.89 bits per heavy atom. The first-order valence-electron chi connectivity index (χ1n) is 10.1. The molecule has 0 spiro atoms. The molecule has 1 saturated heterocycles. The third-order valence-corrected chi connectivity index (χ3v) is 7.63. The van der Waals surface area contributed by atoms with Gasteiger partial charge >= 0.3 is 0 Å². The van der Waals surface area contributed by atoms with Gasteiger partial charge in [0.2, 0.25) is 0 Å². The van der Waals surface area contributed by atoms with Crippen molar-refractivity contribution >= 4 is 10.1 Å². The standard InChI is InChI=1S/C21H35NO4S/c1-6-20(7-2)14-18(15-21(8-3,9-4)22(20)23)12-17-10-16(5)11-19(13-17)27(24,25)26/h10-11,13,18,23H,6-9,12,14-15H2,1-5H3,(H,24,25,26). The Morgan fingerprint density at radius 2 is 1.48 bits per heavy atom. The molecule has 1 heterocycles. The highest BCUT2D eigenvalue weighted by molar-refractivity contribution is 7.85. The molecule has 27 heavy (non-hydrogen) atoms. The monoisotopic (exact) mass is 397 g/mol. The van der Waals surface area contributed by atoms with Crippen LogP contribution in [-0.2, 0) is 16.5 Å². The maximum atomic E-state index is 11.6. The predicted octanol–water partition coefficient (Wildman–Crippen LogP) is 5.00. The molecule has 1 aromatic rings. The predicted molar refractivity (Wildman–Crippen MR) is 108 cm³/mol. The second-order valence-corrected chi connectivity index (χ2v) is 9.70. The highest BCUT2D eigenvalue weighted by Gasteiger charge is 2.51. The second kappa shape index (κ2) is 8.19. The van der Waals surface area contributed by atoms with E-state index >= 15 is 0 Å². The number of piperidine rings is 1. The molecule has 0 atom stereocenters. The number of nitrogens with zero attached hydrogens (tertiary/aromatic N) is 1. The molecule has 6 heteroatoms. The molecule has 0 radical (unpaired) electrons. The summed E-state index contributed by atoms with van der Waals surface area (Å²) in [4.78, 5) is -0.0356. The maximum absolute atomic E-state index is 11.6. The number of hydroxylamine groups is 2. The van der Waals surface area contributed by atoms with Gasteiger partial charge < -0.3 is 5.21 Å². The van der Waals surface area contributed by atoms with Crippen molar-refractivity contribution in [2.75, 3.05) is 0 Å². The highest BCUT2D eigenvalue weighted by atomic mass is 32.2. The van der Waals surface area contributed by atoms with Crippen LogP contribution in [0, 0.1) is 12.8 Å². The van der Waals surface area contributed by atoms with Crippen molar-refractivity contribution in [3.63, 3.8) is 0 Å². The van der Waals surface area contributed by atoms with Crippen molar-refractivity contribution in [2.45, 2.75) is 95.5 Å². The van der Waals surface area contributed by atoms with E-state index in [-0.39, 0.29) is 16.0 Å². The Labute approximate surface area is 164 Å². The van der Waals surface area contributed by atoms with Gasteiger partial charge in [-0.05, 0) is 81.0 Å². The topological polar surface area (TPSA) is 77.8 Å². The molecular weight excluding hydrogens is 362 g/mol. The molecule has 154 valence electrons. The van der Waals surface area contributed by atoms with Crippen LogP contribution < -0.4 is 0 Å². The lowest BCUT2D eigenvalue weighted by atomic mass is 9.67. The van der Waals surface area contributed by atoms with Crippen LogP contribution in [0.2, 0.25) is 0 Å². The fourth-order valence-corrected chi connectivity index (χ4v) is 5.70. The molecule has 0 bridgehead atoms. The van der Waals surface area contributed by atoms with E-state index in [4.69, 9.17) is 0 Å². The first-order valence-corrected chi connectivity index (χ1v) is 11.6. The minimum Gasteiger partial charge on any atom is -0.313 e. The van der Waals surface area contributed by atoms with E-state index in [1.165, 1.54) is 6.07 Å². The highest BCUT2D eigenvalue weighted by Crippen LogP contribution is 2.47. The number of hydrogen-bond donors (Lipinski definition) is 2. The molecule has 0 unspecified atom stereocenters. The van der Waals surface area contributed by atoms with Crippen LogP contribution >= 0.6 is 0 Å². The van der Waals surface area contributed by atoms with Crippen LogP contribution in [0.3, 0.4) is 0 Å². The van der Waals surface area contributed by atoms with E-state index in [1.54, 1.807) is 11.1 Å². The Morgan fingerprint density at radius 1 is 1.00 bits per heavy atom. The molecule has 1 aromatic carbocycles. The lowest BCUT2D eigenvalue weighted by molar-refractivity contribution is -0.275. The number of hydrogen-bond acceptors (Lipinski definition) is 4. The second-order valence-electron chi connectivity index (χ2n) is 8.28. The summed E-state index contributed by atoms with van der Waals surface area (Å²) < 4.78 is 32.6. The van der Waals surface area contributed by atoms with Gasteiger partial charge in [-0.25, -0.2) is 0 Å². The zero-order valence-corrected chi connectivity index (χ0v) is 18.1. The Hall–Kier alpha value is -0.950. The van der Waals surface area contributed by atoms with Gasteiger partial charge in [0, 0.05) is 11.1 Å². The molecule has 1 aliphatic heterocycles. The van der Waals surface area contributed by atoms with Crippen LogP contribution in [0.15, 0.2) is 23.1 Å².